The lowest BCUT2D eigenvalue weighted by Gasteiger charge is -2.13. The Hall–Kier alpha value is -1.13. The second kappa shape index (κ2) is 6.75. The number of aromatic nitrogens is 2. The van der Waals surface area contributed by atoms with Crippen molar-refractivity contribution in [2.75, 3.05) is 7.05 Å². The maximum Gasteiger partial charge on any atom is 0.0521 e. The molecule has 3 nitrogen and oxygen atoms in total. The fraction of sp³-hybridized carbons (Fsp3) is 0.588. The van der Waals surface area contributed by atoms with E-state index in [1.165, 1.54) is 42.5 Å². The minimum Gasteiger partial charge on any atom is -0.312 e. The highest BCUT2D eigenvalue weighted by Gasteiger charge is 2.17. The van der Waals surface area contributed by atoms with Crippen LogP contribution >= 0.6 is 11.3 Å². The molecule has 0 radical (unpaired) electrons. The number of nitrogens with one attached hydrogen (secondary N) is 1. The molecule has 1 N–H and O–H groups in total. The van der Waals surface area contributed by atoms with Gasteiger partial charge in [-0.05, 0) is 62.8 Å². The fourth-order valence-electron chi connectivity index (χ4n) is 3.20. The van der Waals surface area contributed by atoms with Gasteiger partial charge in [0.25, 0.3) is 0 Å². The van der Waals surface area contributed by atoms with Gasteiger partial charge in [0.05, 0.1) is 6.20 Å². The first-order valence-electron chi connectivity index (χ1n) is 8.02. The van der Waals surface area contributed by atoms with E-state index in [1.54, 1.807) is 10.4 Å². The number of fused-ring (bicyclic) bond motifs is 1. The van der Waals surface area contributed by atoms with Crippen LogP contribution in [0.3, 0.4) is 0 Å². The van der Waals surface area contributed by atoms with E-state index in [0.29, 0.717) is 6.04 Å². The Labute approximate surface area is 131 Å². The van der Waals surface area contributed by atoms with Crippen LogP contribution in [0.4, 0.5) is 0 Å². The average Bonchev–Trinajstić information content (AvgIpc) is 3.01. The van der Waals surface area contributed by atoms with Crippen molar-refractivity contribution in [1.29, 1.82) is 0 Å². The van der Waals surface area contributed by atoms with Crippen molar-refractivity contribution >= 4 is 11.3 Å². The molecule has 0 fully saturated rings. The van der Waals surface area contributed by atoms with Gasteiger partial charge in [-0.1, -0.05) is 6.42 Å². The van der Waals surface area contributed by atoms with Gasteiger partial charge in [0.1, 0.15) is 0 Å². The molecule has 0 bridgehead atoms. The van der Waals surface area contributed by atoms with E-state index in [-0.39, 0.29) is 0 Å². The minimum absolute atomic E-state index is 0.474. The van der Waals surface area contributed by atoms with Crippen molar-refractivity contribution in [2.45, 2.75) is 51.0 Å². The molecule has 1 aliphatic carbocycles. The van der Waals surface area contributed by atoms with Crippen molar-refractivity contribution in [3.8, 4) is 0 Å². The van der Waals surface area contributed by atoms with Crippen molar-refractivity contribution in [3.05, 3.63) is 39.3 Å². The van der Waals surface area contributed by atoms with Crippen LogP contribution in [0.1, 0.15) is 52.6 Å². The Bertz CT molecular complexity index is 561. The molecule has 1 aliphatic rings. The van der Waals surface area contributed by atoms with Gasteiger partial charge in [-0.2, -0.15) is 5.10 Å². The van der Waals surface area contributed by atoms with Gasteiger partial charge in [0.15, 0.2) is 0 Å². The standard InChI is InChI=1S/C17H25N3S/c1-18-15(9-8-13-11-19-20(2)12-13)17-10-14-6-4-3-5-7-16(14)21-17/h10-12,15,18H,3-9H2,1-2H3. The molecule has 2 heterocycles. The third-order valence-electron chi connectivity index (χ3n) is 4.44. The van der Waals surface area contributed by atoms with Gasteiger partial charge in [0.2, 0.25) is 0 Å². The molecule has 0 spiro atoms. The van der Waals surface area contributed by atoms with E-state index in [9.17, 15) is 0 Å². The molecule has 0 saturated heterocycles. The summed E-state index contributed by atoms with van der Waals surface area (Å²) >= 11 is 2.04. The number of hydrogen-bond donors (Lipinski definition) is 1. The highest BCUT2D eigenvalue weighted by molar-refractivity contribution is 7.12. The van der Waals surface area contributed by atoms with Gasteiger partial charge < -0.3 is 5.32 Å². The lowest BCUT2D eigenvalue weighted by Crippen LogP contribution is -2.15. The molecule has 4 heteroatoms. The molecule has 21 heavy (non-hydrogen) atoms. The lowest BCUT2D eigenvalue weighted by atomic mass is 10.0. The molecule has 3 rings (SSSR count). The summed E-state index contributed by atoms with van der Waals surface area (Å²) in [7, 11) is 4.06. The maximum absolute atomic E-state index is 4.26. The second-order valence-electron chi connectivity index (χ2n) is 6.06. The zero-order valence-electron chi connectivity index (χ0n) is 13.1. The highest BCUT2D eigenvalue weighted by Crippen LogP contribution is 2.33. The smallest absolute Gasteiger partial charge is 0.0521 e. The van der Waals surface area contributed by atoms with Crippen LogP contribution in [-0.4, -0.2) is 16.8 Å². The molecular formula is C17H25N3S. The predicted octanol–water partition coefficient (Wildman–Crippen LogP) is 3.64. The summed E-state index contributed by atoms with van der Waals surface area (Å²) in [6, 6.07) is 2.94. The molecular weight excluding hydrogens is 278 g/mol. The second-order valence-corrected chi connectivity index (χ2v) is 7.23. The first-order chi connectivity index (χ1) is 10.3. The molecule has 0 saturated carbocycles. The van der Waals surface area contributed by atoms with E-state index >= 15 is 0 Å². The van der Waals surface area contributed by atoms with Crippen molar-refractivity contribution in [1.82, 2.24) is 15.1 Å². The van der Waals surface area contributed by atoms with Crippen LogP contribution < -0.4 is 5.32 Å². The first-order valence-corrected chi connectivity index (χ1v) is 8.84. The average molecular weight is 303 g/mol. The number of thiophene rings is 1. The summed E-state index contributed by atoms with van der Waals surface area (Å²) in [5.74, 6) is 0. The van der Waals surface area contributed by atoms with Crippen LogP contribution in [-0.2, 0) is 26.3 Å². The maximum atomic E-state index is 4.26. The molecule has 1 unspecified atom stereocenters. The van der Waals surface area contributed by atoms with Gasteiger partial charge in [-0.3, -0.25) is 4.68 Å². The summed E-state index contributed by atoms with van der Waals surface area (Å²) in [5.41, 5.74) is 2.95. The van der Waals surface area contributed by atoms with E-state index in [0.717, 1.165) is 12.8 Å². The predicted molar refractivity (Wildman–Crippen MR) is 88.9 cm³/mol. The minimum atomic E-state index is 0.474. The molecule has 2 aromatic rings. The summed E-state index contributed by atoms with van der Waals surface area (Å²) in [4.78, 5) is 3.16. The van der Waals surface area contributed by atoms with Gasteiger partial charge in [-0.25, -0.2) is 0 Å². The Balaban J connectivity index is 1.68. The van der Waals surface area contributed by atoms with E-state index < -0.39 is 0 Å². The zero-order chi connectivity index (χ0) is 14.7. The highest BCUT2D eigenvalue weighted by atomic mass is 32.1. The van der Waals surface area contributed by atoms with Crippen LogP contribution in [0.2, 0.25) is 0 Å². The number of aryl methyl sites for hydroxylation is 4. The summed E-state index contributed by atoms with van der Waals surface area (Å²) in [6.07, 6.45) is 13.0. The number of nitrogens with zero attached hydrogens (tertiary/aromatic N) is 2. The summed E-state index contributed by atoms with van der Waals surface area (Å²) in [6.45, 7) is 0. The number of hydrogen-bond acceptors (Lipinski definition) is 3. The van der Waals surface area contributed by atoms with Crippen LogP contribution in [0.15, 0.2) is 18.5 Å². The molecule has 1 atom stereocenters. The van der Waals surface area contributed by atoms with E-state index in [4.69, 9.17) is 0 Å². The van der Waals surface area contributed by atoms with Crippen LogP contribution in [0.25, 0.3) is 0 Å². The normalized spacial score (nSPS) is 16.5. The quantitative estimate of drug-likeness (QED) is 0.855. The van der Waals surface area contributed by atoms with Gasteiger partial charge in [0, 0.05) is 29.0 Å². The zero-order valence-corrected chi connectivity index (χ0v) is 13.9. The Morgan fingerprint density at radius 1 is 1.33 bits per heavy atom. The van der Waals surface area contributed by atoms with Crippen molar-refractivity contribution in [3.63, 3.8) is 0 Å². The monoisotopic (exact) mass is 303 g/mol. The molecule has 0 aromatic carbocycles. The largest absolute Gasteiger partial charge is 0.312 e. The van der Waals surface area contributed by atoms with Gasteiger partial charge >= 0.3 is 0 Å². The number of rotatable bonds is 5. The summed E-state index contributed by atoms with van der Waals surface area (Å²) < 4.78 is 1.89. The SMILES string of the molecule is CNC(CCc1cnn(C)c1)c1cc2c(s1)CCCCC2. The topological polar surface area (TPSA) is 29.9 Å². The van der Waals surface area contributed by atoms with Crippen LogP contribution in [0.5, 0.6) is 0 Å². The van der Waals surface area contributed by atoms with Crippen molar-refractivity contribution < 1.29 is 0 Å². The van der Waals surface area contributed by atoms with Crippen molar-refractivity contribution in [2.24, 2.45) is 7.05 Å². The van der Waals surface area contributed by atoms with Gasteiger partial charge in [-0.15, -0.1) is 11.3 Å². The lowest BCUT2D eigenvalue weighted by molar-refractivity contribution is 0.557. The molecule has 0 amide bonds. The molecule has 2 aromatic heterocycles. The Morgan fingerprint density at radius 2 is 2.19 bits per heavy atom. The van der Waals surface area contributed by atoms with E-state index in [1.807, 2.05) is 29.3 Å². The Morgan fingerprint density at radius 3 is 2.95 bits per heavy atom. The van der Waals surface area contributed by atoms with Crippen LogP contribution in [0, 0.1) is 0 Å². The van der Waals surface area contributed by atoms with E-state index in [2.05, 4.69) is 29.7 Å². The first kappa shape index (κ1) is 14.8. The Kier molecular flexibility index (Phi) is 4.76. The third kappa shape index (κ3) is 3.55. The fourth-order valence-corrected chi connectivity index (χ4v) is 4.61. The third-order valence-corrected chi connectivity index (χ3v) is 5.79. The molecule has 0 aliphatic heterocycles. The summed E-state index contributed by atoms with van der Waals surface area (Å²) in [5, 5.41) is 7.76. The molecule has 114 valence electrons.